The number of carbonyl (C=O) groups excluding carboxylic acids is 1. The lowest BCUT2D eigenvalue weighted by molar-refractivity contribution is -0.117. The molecule has 2 heterocycles. The molecule has 124 valence electrons. The molecule has 0 radical (unpaired) electrons. The van der Waals surface area contributed by atoms with Crippen molar-refractivity contribution in [2.75, 3.05) is 13.2 Å². The van der Waals surface area contributed by atoms with Gasteiger partial charge in [0.05, 0.1) is 5.57 Å². The smallest absolute Gasteiger partial charge is 0.250 e. The van der Waals surface area contributed by atoms with E-state index in [2.05, 4.69) is 20.1 Å². The van der Waals surface area contributed by atoms with E-state index in [-0.39, 0.29) is 5.91 Å². The van der Waals surface area contributed by atoms with Crippen LogP contribution in [-0.2, 0) is 11.2 Å². The van der Waals surface area contributed by atoms with Gasteiger partial charge in [-0.15, -0.1) is 0 Å². The van der Waals surface area contributed by atoms with E-state index in [4.69, 9.17) is 17.0 Å². The topological polar surface area (TPSA) is 71.9 Å². The molecule has 7 heteroatoms. The third-order valence-corrected chi connectivity index (χ3v) is 4.54. The molecule has 0 atom stereocenters. The van der Waals surface area contributed by atoms with Gasteiger partial charge < -0.3 is 14.6 Å². The van der Waals surface area contributed by atoms with Crippen molar-refractivity contribution in [2.24, 2.45) is 0 Å². The number of ether oxygens (including phenoxy) is 1. The van der Waals surface area contributed by atoms with Gasteiger partial charge >= 0.3 is 0 Å². The lowest BCUT2D eigenvalue weighted by atomic mass is 10.1. The Morgan fingerprint density at radius 1 is 1.42 bits per heavy atom. The van der Waals surface area contributed by atoms with Gasteiger partial charge in [0.25, 0.3) is 5.91 Å². The zero-order valence-corrected chi connectivity index (χ0v) is 13.9. The highest BCUT2D eigenvalue weighted by Crippen LogP contribution is 2.35. The van der Waals surface area contributed by atoms with Crippen LogP contribution in [0, 0.1) is 4.77 Å². The molecular weight excluding hydrogens is 324 g/mol. The van der Waals surface area contributed by atoms with Crippen molar-refractivity contribution >= 4 is 24.2 Å². The van der Waals surface area contributed by atoms with E-state index in [0.717, 1.165) is 30.0 Å². The van der Waals surface area contributed by atoms with Crippen LogP contribution < -0.4 is 10.1 Å². The average Bonchev–Trinajstić information content (AvgIpc) is 3.37. The summed E-state index contributed by atoms with van der Waals surface area (Å²) >= 11 is 5.26. The van der Waals surface area contributed by atoms with E-state index in [0.29, 0.717) is 36.0 Å². The fraction of sp³-hybridized carbons (Fsp3) is 0.353. The first-order valence-corrected chi connectivity index (χ1v) is 8.49. The van der Waals surface area contributed by atoms with Crippen LogP contribution in [0.1, 0.15) is 30.3 Å². The molecule has 0 spiro atoms. The van der Waals surface area contributed by atoms with E-state index >= 15 is 0 Å². The van der Waals surface area contributed by atoms with Crippen molar-refractivity contribution in [3.8, 4) is 5.75 Å². The van der Waals surface area contributed by atoms with Gasteiger partial charge in [0, 0.05) is 24.6 Å². The Kier molecular flexibility index (Phi) is 3.93. The Hall–Kier alpha value is -2.41. The summed E-state index contributed by atoms with van der Waals surface area (Å²) in [5, 5.41) is 10.1. The Morgan fingerprint density at radius 2 is 2.25 bits per heavy atom. The number of carbonyl (C=O) groups is 1. The number of nitrogens with zero attached hydrogens (tertiary/aromatic N) is 2. The molecule has 1 fully saturated rings. The Labute approximate surface area is 144 Å². The second kappa shape index (κ2) is 6.24. The quantitative estimate of drug-likeness (QED) is 0.819. The van der Waals surface area contributed by atoms with Crippen LogP contribution in [0.2, 0.25) is 0 Å². The molecule has 2 aliphatic rings. The van der Waals surface area contributed by atoms with Crippen LogP contribution in [0.5, 0.6) is 5.75 Å². The number of rotatable bonds is 5. The minimum atomic E-state index is -0.100. The molecule has 1 aromatic carbocycles. The minimum Gasteiger partial charge on any atom is -0.488 e. The maximum absolute atomic E-state index is 12.3. The molecular formula is C17H18N4O2S. The molecule has 24 heavy (non-hydrogen) atoms. The standard InChI is InChI=1S/C17H18N4O2S/c22-16(12-9-11-3-1-2-4-14(11)23-10-12)18-8-7-15-19-20-17(24)21(15)13-5-6-13/h1-4,9,13H,5-8,10H2,(H,18,22)(H,20,24). The van der Waals surface area contributed by atoms with Gasteiger partial charge in [-0.05, 0) is 37.2 Å². The van der Waals surface area contributed by atoms with Crippen LogP contribution >= 0.6 is 12.2 Å². The van der Waals surface area contributed by atoms with Gasteiger partial charge in [-0.3, -0.25) is 9.89 Å². The van der Waals surface area contributed by atoms with Crippen molar-refractivity contribution in [1.29, 1.82) is 0 Å². The average molecular weight is 342 g/mol. The van der Waals surface area contributed by atoms with Crippen molar-refractivity contribution in [3.63, 3.8) is 0 Å². The molecule has 0 saturated heterocycles. The fourth-order valence-electron chi connectivity index (χ4n) is 2.87. The molecule has 2 aromatic rings. The third-order valence-electron chi connectivity index (χ3n) is 4.25. The number of hydrogen-bond acceptors (Lipinski definition) is 4. The highest BCUT2D eigenvalue weighted by molar-refractivity contribution is 7.71. The molecule has 4 rings (SSSR count). The maximum atomic E-state index is 12.3. The number of H-pyrrole nitrogens is 1. The first-order chi connectivity index (χ1) is 11.7. The van der Waals surface area contributed by atoms with Gasteiger partial charge in [-0.2, -0.15) is 5.10 Å². The number of nitrogens with one attached hydrogen (secondary N) is 2. The van der Waals surface area contributed by atoms with Crippen molar-refractivity contribution in [2.45, 2.75) is 25.3 Å². The molecule has 1 aliphatic heterocycles. The summed E-state index contributed by atoms with van der Waals surface area (Å²) < 4.78 is 8.36. The monoisotopic (exact) mass is 342 g/mol. The molecule has 6 nitrogen and oxygen atoms in total. The van der Waals surface area contributed by atoms with Crippen LogP contribution in [0.3, 0.4) is 0 Å². The molecule has 0 unspecified atom stereocenters. The lowest BCUT2D eigenvalue weighted by Crippen LogP contribution is -2.30. The van der Waals surface area contributed by atoms with E-state index in [9.17, 15) is 4.79 Å². The minimum absolute atomic E-state index is 0.100. The van der Waals surface area contributed by atoms with Gasteiger partial charge in [0.2, 0.25) is 0 Å². The Morgan fingerprint density at radius 3 is 3.08 bits per heavy atom. The largest absolute Gasteiger partial charge is 0.488 e. The first kappa shape index (κ1) is 15.1. The highest BCUT2D eigenvalue weighted by atomic mass is 32.1. The van der Waals surface area contributed by atoms with Crippen LogP contribution in [0.15, 0.2) is 29.8 Å². The first-order valence-electron chi connectivity index (χ1n) is 8.09. The summed E-state index contributed by atoms with van der Waals surface area (Å²) in [5.41, 5.74) is 1.57. The predicted molar refractivity (Wildman–Crippen MR) is 92.3 cm³/mol. The maximum Gasteiger partial charge on any atom is 0.250 e. The summed E-state index contributed by atoms with van der Waals surface area (Å²) in [6.45, 7) is 0.813. The normalized spacial score (nSPS) is 16.1. The van der Waals surface area contributed by atoms with E-state index in [1.54, 1.807) is 0 Å². The summed E-state index contributed by atoms with van der Waals surface area (Å²) in [6.07, 6.45) is 4.84. The zero-order valence-electron chi connectivity index (χ0n) is 13.1. The number of fused-ring (bicyclic) bond motifs is 1. The van der Waals surface area contributed by atoms with Gasteiger partial charge in [0.15, 0.2) is 4.77 Å². The number of amides is 1. The molecule has 1 saturated carbocycles. The molecule has 1 aliphatic carbocycles. The lowest BCUT2D eigenvalue weighted by Gasteiger charge is -2.17. The van der Waals surface area contributed by atoms with Crippen molar-refractivity contribution in [1.82, 2.24) is 20.1 Å². The molecule has 1 aromatic heterocycles. The van der Waals surface area contributed by atoms with Crippen molar-refractivity contribution < 1.29 is 9.53 Å². The van der Waals surface area contributed by atoms with Crippen LogP contribution in [-0.4, -0.2) is 33.8 Å². The van der Waals surface area contributed by atoms with Crippen LogP contribution in [0.25, 0.3) is 6.08 Å². The second-order valence-electron chi connectivity index (χ2n) is 6.05. The van der Waals surface area contributed by atoms with E-state index in [1.165, 1.54) is 0 Å². The molecule has 0 bridgehead atoms. The number of hydrogen-bond donors (Lipinski definition) is 2. The summed E-state index contributed by atoms with van der Waals surface area (Å²) in [7, 11) is 0. The summed E-state index contributed by atoms with van der Waals surface area (Å²) in [4.78, 5) is 12.3. The highest BCUT2D eigenvalue weighted by Gasteiger charge is 2.27. The second-order valence-corrected chi connectivity index (χ2v) is 6.43. The van der Waals surface area contributed by atoms with E-state index < -0.39 is 0 Å². The zero-order chi connectivity index (χ0) is 16.5. The predicted octanol–water partition coefficient (Wildman–Crippen LogP) is 2.41. The summed E-state index contributed by atoms with van der Waals surface area (Å²) in [6, 6.07) is 8.17. The Bertz CT molecular complexity index is 863. The van der Waals surface area contributed by atoms with Gasteiger partial charge in [-0.1, -0.05) is 18.2 Å². The Balaban J connectivity index is 1.38. The van der Waals surface area contributed by atoms with Gasteiger partial charge in [0.1, 0.15) is 18.2 Å². The molecule has 2 N–H and O–H groups in total. The number of para-hydroxylation sites is 1. The summed E-state index contributed by atoms with van der Waals surface area (Å²) in [5.74, 6) is 1.62. The third kappa shape index (κ3) is 2.99. The van der Waals surface area contributed by atoms with Crippen molar-refractivity contribution in [3.05, 3.63) is 46.0 Å². The van der Waals surface area contributed by atoms with Crippen LogP contribution in [0.4, 0.5) is 0 Å². The number of aromatic nitrogens is 3. The number of aromatic amines is 1. The SMILES string of the molecule is O=C(NCCc1n[nH]c(=S)n1C1CC1)C1=Cc2ccccc2OC1. The fourth-order valence-corrected chi connectivity index (χ4v) is 3.17. The molecule has 1 amide bonds. The number of benzene rings is 1. The van der Waals surface area contributed by atoms with E-state index in [1.807, 2.05) is 30.3 Å². The van der Waals surface area contributed by atoms with Gasteiger partial charge in [-0.25, -0.2) is 0 Å².